The van der Waals surface area contributed by atoms with E-state index in [2.05, 4.69) is 11.1 Å². The van der Waals surface area contributed by atoms with Crippen LogP contribution >= 0.6 is 7.82 Å². The molecule has 0 saturated carbocycles. The summed E-state index contributed by atoms with van der Waals surface area (Å²) in [4.78, 5) is 13.2. The molecule has 0 aliphatic heterocycles. The fourth-order valence-electron chi connectivity index (χ4n) is 1.11. The predicted molar refractivity (Wildman–Crippen MR) is 64.4 cm³/mol. The average Bonchev–Trinajstić information content (AvgIpc) is 2.27. The van der Waals surface area contributed by atoms with Crippen LogP contribution in [0.4, 0.5) is 0 Å². The molecule has 0 aromatic carbocycles. The van der Waals surface area contributed by atoms with Crippen LogP contribution in [0.1, 0.15) is 20.8 Å². The van der Waals surface area contributed by atoms with Gasteiger partial charge in [-0.1, -0.05) is 6.58 Å². The second-order valence-electron chi connectivity index (χ2n) is 3.26. The minimum absolute atomic E-state index is 0.200. The molecule has 0 radical (unpaired) electrons. The fourth-order valence-corrected chi connectivity index (χ4v) is 1.99. The van der Waals surface area contributed by atoms with Gasteiger partial charge in [-0.2, -0.15) is 0 Å². The molecule has 0 aromatic heterocycles. The molecule has 0 N–H and O–H groups in total. The average molecular weight is 265 g/mol. The Bertz CT molecular complexity index is 314. The summed E-state index contributed by atoms with van der Waals surface area (Å²) in [5, 5.41) is 0. The lowest BCUT2D eigenvalue weighted by molar-refractivity contribution is -0.133. The Morgan fingerprint density at radius 1 is 1.35 bits per heavy atom. The molecule has 17 heavy (non-hydrogen) atoms. The third kappa shape index (κ3) is 5.86. The van der Waals surface area contributed by atoms with E-state index in [4.69, 9.17) is 9.05 Å². The van der Waals surface area contributed by atoms with Crippen molar-refractivity contribution in [1.82, 2.24) is 4.90 Å². The van der Waals surface area contributed by atoms with Gasteiger partial charge in [0.1, 0.15) is 6.61 Å². The van der Waals surface area contributed by atoms with Crippen LogP contribution in [0.15, 0.2) is 12.3 Å². The van der Waals surface area contributed by atoms with Crippen molar-refractivity contribution in [3.05, 3.63) is 12.3 Å². The molecule has 0 rings (SSSR count). The molecular formula is C10H20NO5P. The Labute approximate surface area is 102 Å². The number of hydrogen-bond acceptors (Lipinski definition) is 5. The molecule has 0 spiro atoms. The number of phosphoric ester groups is 1. The maximum atomic E-state index is 11.8. The zero-order chi connectivity index (χ0) is 13.5. The number of phosphoric acid groups is 1. The first-order valence-electron chi connectivity index (χ1n) is 5.31. The lowest BCUT2D eigenvalue weighted by atomic mass is 10.5. The van der Waals surface area contributed by atoms with Crippen molar-refractivity contribution in [2.24, 2.45) is 0 Å². The summed E-state index contributed by atoms with van der Waals surface area (Å²) in [6.07, 6.45) is 0. The van der Waals surface area contributed by atoms with Gasteiger partial charge in [-0.3, -0.25) is 13.8 Å². The molecule has 0 bridgehead atoms. The SMILES string of the molecule is C=C(C)OP(=O)(OC)OCC(=O)N(CC)CC. The van der Waals surface area contributed by atoms with E-state index >= 15 is 0 Å². The summed E-state index contributed by atoms with van der Waals surface area (Å²) < 4.78 is 26.1. The number of amides is 1. The first kappa shape index (κ1) is 16.2. The number of likely N-dealkylation sites (N-methyl/N-ethyl adjacent to an activating group) is 1. The van der Waals surface area contributed by atoms with Gasteiger partial charge in [-0.15, -0.1) is 0 Å². The summed E-state index contributed by atoms with van der Waals surface area (Å²) in [5.41, 5.74) is 0. The molecule has 0 saturated heterocycles. The number of carbonyl (C=O) groups is 1. The Hall–Kier alpha value is -0.840. The Morgan fingerprint density at radius 2 is 1.88 bits per heavy atom. The van der Waals surface area contributed by atoms with Crippen molar-refractivity contribution in [1.29, 1.82) is 0 Å². The van der Waals surface area contributed by atoms with Gasteiger partial charge in [0, 0.05) is 20.2 Å². The van der Waals surface area contributed by atoms with Crippen molar-refractivity contribution in [2.75, 3.05) is 26.8 Å². The summed E-state index contributed by atoms with van der Waals surface area (Å²) in [6, 6.07) is 0. The lowest BCUT2D eigenvalue weighted by Crippen LogP contribution is -2.33. The lowest BCUT2D eigenvalue weighted by Gasteiger charge is -2.20. The van der Waals surface area contributed by atoms with Gasteiger partial charge in [-0.25, -0.2) is 4.57 Å². The largest absolute Gasteiger partial charge is 0.529 e. The quantitative estimate of drug-likeness (QED) is 0.497. The zero-order valence-electron chi connectivity index (χ0n) is 10.8. The van der Waals surface area contributed by atoms with Gasteiger partial charge in [0.2, 0.25) is 5.91 Å². The van der Waals surface area contributed by atoms with E-state index in [1.54, 1.807) is 4.90 Å². The van der Waals surface area contributed by atoms with Gasteiger partial charge in [0.25, 0.3) is 0 Å². The van der Waals surface area contributed by atoms with E-state index in [-0.39, 0.29) is 18.3 Å². The molecule has 0 aliphatic rings. The Kier molecular flexibility index (Phi) is 7.11. The standard InChI is InChI=1S/C10H20NO5P/c1-6-11(7-2)10(12)8-15-17(13,14-5)16-9(3)4/h3,6-8H2,1-2,4-5H3. The fraction of sp³-hybridized carbons (Fsp3) is 0.700. The molecular weight excluding hydrogens is 245 g/mol. The molecule has 1 amide bonds. The van der Waals surface area contributed by atoms with E-state index in [0.717, 1.165) is 0 Å². The number of carbonyl (C=O) groups excluding carboxylic acids is 1. The third-order valence-electron chi connectivity index (χ3n) is 1.95. The highest BCUT2D eigenvalue weighted by Crippen LogP contribution is 2.50. The van der Waals surface area contributed by atoms with Crippen molar-refractivity contribution >= 4 is 13.7 Å². The van der Waals surface area contributed by atoms with Crippen LogP contribution in [0.2, 0.25) is 0 Å². The normalized spacial score (nSPS) is 13.9. The molecule has 7 heteroatoms. The van der Waals surface area contributed by atoms with Crippen molar-refractivity contribution in [2.45, 2.75) is 20.8 Å². The predicted octanol–water partition coefficient (Wildman–Crippen LogP) is 2.18. The van der Waals surface area contributed by atoms with Crippen LogP contribution in [-0.4, -0.2) is 37.6 Å². The maximum Gasteiger partial charge on any atom is 0.529 e. The maximum absolute atomic E-state index is 11.8. The molecule has 0 aliphatic carbocycles. The monoisotopic (exact) mass is 265 g/mol. The first-order chi connectivity index (χ1) is 7.88. The summed E-state index contributed by atoms with van der Waals surface area (Å²) in [5.74, 6) is -0.0666. The topological polar surface area (TPSA) is 65.1 Å². The highest BCUT2D eigenvalue weighted by atomic mass is 31.2. The molecule has 1 atom stereocenters. The molecule has 0 aromatic rings. The van der Waals surface area contributed by atoms with Gasteiger partial charge >= 0.3 is 7.82 Å². The smallest absolute Gasteiger partial charge is 0.409 e. The number of hydrogen-bond donors (Lipinski definition) is 0. The zero-order valence-corrected chi connectivity index (χ0v) is 11.7. The van der Waals surface area contributed by atoms with Gasteiger partial charge in [-0.05, 0) is 20.8 Å². The van der Waals surface area contributed by atoms with E-state index in [1.807, 2.05) is 13.8 Å². The molecule has 6 nitrogen and oxygen atoms in total. The van der Waals surface area contributed by atoms with Crippen LogP contribution in [0.5, 0.6) is 0 Å². The van der Waals surface area contributed by atoms with Crippen LogP contribution in [0.25, 0.3) is 0 Å². The highest BCUT2D eigenvalue weighted by Gasteiger charge is 2.28. The number of allylic oxidation sites excluding steroid dienone is 1. The minimum atomic E-state index is -3.72. The van der Waals surface area contributed by atoms with E-state index in [1.165, 1.54) is 14.0 Å². The molecule has 0 fully saturated rings. The summed E-state index contributed by atoms with van der Waals surface area (Å²) in [7, 11) is -2.53. The summed E-state index contributed by atoms with van der Waals surface area (Å²) >= 11 is 0. The van der Waals surface area contributed by atoms with Crippen molar-refractivity contribution in [3.63, 3.8) is 0 Å². The first-order valence-corrected chi connectivity index (χ1v) is 6.77. The van der Waals surface area contributed by atoms with Crippen LogP contribution in [0, 0.1) is 0 Å². The summed E-state index contributed by atoms with van der Waals surface area (Å²) in [6.45, 7) is 9.43. The number of rotatable bonds is 8. The third-order valence-corrected chi connectivity index (χ3v) is 3.38. The van der Waals surface area contributed by atoms with Gasteiger partial charge in [0.15, 0.2) is 0 Å². The van der Waals surface area contributed by atoms with Crippen molar-refractivity contribution < 1.29 is 22.9 Å². The minimum Gasteiger partial charge on any atom is -0.409 e. The molecule has 100 valence electrons. The van der Waals surface area contributed by atoms with Gasteiger partial charge in [0.05, 0.1) is 5.76 Å². The van der Waals surface area contributed by atoms with Gasteiger partial charge < -0.3 is 9.42 Å². The number of nitrogens with zero attached hydrogens (tertiary/aromatic N) is 1. The Balaban J connectivity index is 4.37. The highest BCUT2D eigenvalue weighted by molar-refractivity contribution is 7.48. The van der Waals surface area contributed by atoms with Crippen LogP contribution in [0.3, 0.4) is 0 Å². The van der Waals surface area contributed by atoms with E-state index in [0.29, 0.717) is 13.1 Å². The van der Waals surface area contributed by atoms with E-state index < -0.39 is 7.82 Å². The van der Waals surface area contributed by atoms with Crippen LogP contribution in [-0.2, 0) is 22.9 Å². The van der Waals surface area contributed by atoms with Crippen LogP contribution < -0.4 is 0 Å². The molecule has 0 heterocycles. The Morgan fingerprint density at radius 3 is 2.24 bits per heavy atom. The second kappa shape index (κ2) is 7.48. The van der Waals surface area contributed by atoms with E-state index in [9.17, 15) is 9.36 Å². The second-order valence-corrected chi connectivity index (χ2v) is 4.96. The van der Waals surface area contributed by atoms with Crippen molar-refractivity contribution in [3.8, 4) is 0 Å². The molecule has 1 unspecified atom stereocenters.